The molecule has 1 heterocycles. The third kappa shape index (κ3) is 4.32. The summed E-state index contributed by atoms with van der Waals surface area (Å²) in [7, 11) is -1.51. The number of hydrogen-bond acceptors (Lipinski definition) is 3. The molecule has 6 nitrogen and oxygen atoms in total. The zero-order valence-corrected chi connectivity index (χ0v) is 17.7. The van der Waals surface area contributed by atoms with Crippen LogP contribution in [0, 0.1) is 0 Å². The van der Waals surface area contributed by atoms with E-state index in [0.717, 1.165) is 16.7 Å². The molecule has 28 heavy (non-hydrogen) atoms. The molecule has 0 radical (unpaired) electrons. The van der Waals surface area contributed by atoms with Gasteiger partial charge in [0.1, 0.15) is 0 Å². The highest BCUT2D eigenvalue weighted by atomic mass is 35.5. The van der Waals surface area contributed by atoms with Crippen molar-refractivity contribution in [2.24, 2.45) is 0 Å². The molecule has 0 fully saturated rings. The molecule has 1 aliphatic heterocycles. The van der Waals surface area contributed by atoms with Crippen LogP contribution in [0.25, 0.3) is 0 Å². The average molecular weight is 422 g/mol. The van der Waals surface area contributed by atoms with Crippen molar-refractivity contribution >= 4 is 33.3 Å². The number of halogens is 1. The molecule has 2 aromatic carbocycles. The number of amides is 2. The number of benzene rings is 2. The van der Waals surface area contributed by atoms with E-state index in [1.807, 2.05) is 43.3 Å². The second-order valence-electron chi connectivity index (χ2n) is 7.03. The van der Waals surface area contributed by atoms with Crippen LogP contribution in [0.2, 0.25) is 5.02 Å². The number of rotatable bonds is 4. The molecule has 0 saturated carbocycles. The van der Waals surface area contributed by atoms with Crippen LogP contribution >= 0.6 is 11.6 Å². The standard InChI is InChI=1S/C20H24ClN3O3S/c1-14(16-8-4-5-9-18(16)21)23(2)20(25)22-19-10-6-7-15-13-24(28(3,26)27)12-11-17(15)19/h4-10,14H,11-13H2,1-3H3,(H,22,25). The normalized spacial score (nSPS) is 15.6. The Morgan fingerprint density at radius 1 is 1.21 bits per heavy atom. The van der Waals surface area contributed by atoms with Crippen molar-refractivity contribution in [2.45, 2.75) is 25.9 Å². The smallest absolute Gasteiger partial charge is 0.321 e. The van der Waals surface area contributed by atoms with Crippen molar-refractivity contribution in [1.82, 2.24) is 9.21 Å². The van der Waals surface area contributed by atoms with Crippen LogP contribution in [-0.4, -0.2) is 43.5 Å². The fourth-order valence-corrected chi connectivity index (χ4v) is 4.48. The van der Waals surface area contributed by atoms with Crippen LogP contribution in [0.3, 0.4) is 0 Å². The lowest BCUT2D eigenvalue weighted by Crippen LogP contribution is -2.37. The molecule has 0 aliphatic carbocycles. The Hall–Kier alpha value is -2.09. The van der Waals surface area contributed by atoms with Gasteiger partial charge in [0.05, 0.1) is 12.3 Å². The lowest BCUT2D eigenvalue weighted by atomic mass is 9.99. The number of urea groups is 1. The van der Waals surface area contributed by atoms with Gasteiger partial charge >= 0.3 is 6.03 Å². The van der Waals surface area contributed by atoms with Crippen LogP contribution in [0.5, 0.6) is 0 Å². The van der Waals surface area contributed by atoms with Crippen LogP contribution in [0.15, 0.2) is 42.5 Å². The van der Waals surface area contributed by atoms with E-state index in [0.29, 0.717) is 30.2 Å². The quantitative estimate of drug-likeness (QED) is 0.814. The minimum absolute atomic E-state index is 0.200. The number of sulfonamides is 1. The van der Waals surface area contributed by atoms with Crippen molar-refractivity contribution in [2.75, 3.05) is 25.2 Å². The van der Waals surface area contributed by atoms with Gasteiger partial charge in [-0.2, -0.15) is 4.31 Å². The van der Waals surface area contributed by atoms with Crippen molar-refractivity contribution in [3.05, 3.63) is 64.2 Å². The Morgan fingerprint density at radius 2 is 1.93 bits per heavy atom. The molecular weight excluding hydrogens is 398 g/mol. The number of carbonyl (C=O) groups excluding carboxylic acids is 1. The minimum atomic E-state index is -3.24. The van der Waals surface area contributed by atoms with Gasteiger partial charge in [0.25, 0.3) is 0 Å². The van der Waals surface area contributed by atoms with E-state index < -0.39 is 10.0 Å². The summed E-state index contributed by atoms with van der Waals surface area (Å²) in [4.78, 5) is 14.4. The van der Waals surface area contributed by atoms with Crippen molar-refractivity contribution < 1.29 is 13.2 Å². The van der Waals surface area contributed by atoms with Crippen molar-refractivity contribution in [3.63, 3.8) is 0 Å². The van der Waals surface area contributed by atoms with E-state index in [-0.39, 0.29) is 12.1 Å². The molecule has 0 bridgehead atoms. The van der Waals surface area contributed by atoms with E-state index in [2.05, 4.69) is 5.32 Å². The Labute approximate surface area is 171 Å². The van der Waals surface area contributed by atoms with E-state index in [9.17, 15) is 13.2 Å². The van der Waals surface area contributed by atoms with Gasteiger partial charge in [0.15, 0.2) is 0 Å². The first-order chi connectivity index (χ1) is 13.2. The predicted octanol–water partition coefficient (Wildman–Crippen LogP) is 3.88. The predicted molar refractivity (Wildman–Crippen MR) is 112 cm³/mol. The monoisotopic (exact) mass is 421 g/mol. The second-order valence-corrected chi connectivity index (χ2v) is 9.42. The summed E-state index contributed by atoms with van der Waals surface area (Å²) in [5.74, 6) is 0. The van der Waals surface area contributed by atoms with Crippen LogP contribution in [-0.2, 0) is 23.0 Å². The highest BCUT2D eigenvalue weighted by Crippen LogP contribution is 2.29. The number of nitrogens with zero attached hydrogens (tertiary/aromatic N) is 2. The highest BCUT2D eigenvalue weighted by Gasteiger charge is 2.26. The number of nitrogens with one attached hydrogen (secondary N) is 1. The number of anilines is 1. The molecule has 2 aromatic rings. The maximum atomic E-state index is 12.8. The summed E-state index contributed by atoms with van der Waals surface area (Å²) in [5.41, 5.74) is 3.49. The molecule has 150 valence electrons. The Morgan fingerprint density at radius 3 is 2.61 bits per heavy atom. The topological polar surface area (TPSA) is 69.7 Å². The molecule has 1 N–H and O–H groups in total. The van der Waals surface area contributed by atoms with Crippen molar-refractivity contribution in [3.8, 4) is 0 Å². The lowest BCUT2D eigenvalue weighted by Gasteiger charge is -2.30. The molecule has 0 spiro atoms. The van der Waals surface area contributed by atoms with Crippen LogP contribution in [0.4, 0.5) is 10.5 Å². The summed E-state index contributed by atoms with van der Waals surface area (Å²) in [6.07, 6.45) is 1.78. The molecule has 2 amide bonds. The second kappa shape index (κ2) is 8.11. The summed E-state index contributed by atoms with van der Waals surface area (Å²) in [6.45, 7) is 2.65. The van der Waals surface area contributed by atoms with Gasteiger partial charge in [0, 0.05) is 30.8 Å². The van der Waals surface area contributed by atoms with Crippen LogP contribution in [0.1, 0.15) is 29.7 Å². The van der Waals surface area contributed by atoms with Gasteiger partial charge in [-0.05, 0) is 42.2 Å². The van der Waals surface area contributed by atoms with E-state index in [1.54, 1.807) is 18.0 Å². The summed E-state index contributed by atoms with van der Waals surface area (Å²) >= 11 is 6.26. The van der Waals surface area contributed by atoms with Gasteiger partial charge in [-0.25, -0.2) is 13.2 Å². The zero-order valence-electron chi connectivity index (χ0n) is 16.1. The third-order valence-corrected chi connectivity index (χ3v) is 6.79. The maximum absolute atomic E-state index is 12.8. The Balaban J connectivity index is 1.77. The summed E-state index contributed by atoms with van der Waals surface area (Å²) < 4.78 is 25.1. The lowest BCUT2D eigenvalue weighted by molar-refractivity contribution is 0.208. The summed E-state index contributed by atoms with van der Waals surface area (Å²) in [5, 5.41) is 3.59. The largest absolute Gasteiger partial charge is 0.322 e. The maximum Gasteiger partial charge on any atom is 0.322 e. The molecule has 8 heteroatoms. The van der Waals surface area contributed by atoms with Gasteiger partial charge in [0.2, 0.25) is 10.0 Å². The first kappa shape index (κ1) is 20.6. The third-order valence-electron chi connectivity index (χ3n) is 5.20. The Bertz CT molecular complexity index is 994. The molecular formula is C20H24ClN3O3S. The SMILES string of the molecule is CC(c1ccccc1Cl)N(C)C(=O)Nc1cccc2c1CCN(S(C)(=O)=O)C2. The van der Waals surface area contributed by atoms with Gasteiger partial charge in [-0.3, -0.25) is 0 Å². The van der Waals surface area contributed by atoms with Gasteiger partial charge in [-0.15, -0.1) is 0 Å². The Kier molecular flexibility index (Phi) is 5.98. The molecule has 3 rings (SSSR count). The first-order valence-corrected chi connectivity index (χ1v) is 11.2. The molecule has 1 atom stereocenters. The number of carbonyl (C=O) groups is 1. The molecule has 0 aromatic heterocycles. The van der Waals surface area contributed by atoms with Crippen LogP contribution < -0.4 is 5.32 Å². The number of fused-ring (bicyclic) bond motifs is 1. The highest BCUT2D eigenvalue weighted by molar-refractivity contribution is 7.88. The molecule has 0 saturated heterocycles. The fourth-order valence-electron chi connectivity index (χ4n) is 3.39. The average Bonchev–Trinajstić information content (AvgIpc) is 2.66. The summed E-state index contributed by atoms with van der Waals surface area (Å²) in [6, 6.07) is 12.6. The molecule has 1 unspecified atom stereocenters. The zero-order chi connectivity index (χ0) is 20.5. The first-order valence-electron chi connectivity index (χ1n) is 9.02. The van der Waals surface area contributed by atoms with E-state index >= 15 is 0 Å². The minimum Gasteiger partial charge on any atom is -0.321 e. The van der Waals surface area contributed by atoms with Crippen molar-refractivity contribution in [1.29, 1.82) is 0 Å². The van der Waals surface area contributed by atoms with Gasteiger partial charge in [-0.1, -0.05) is 41.9 Å². The van der Waals surface area contributed by atoms with Gasteiger partial charge < -0.3 is 10.2 Å². The van der Waals surface area contributed by atoms with E-state index in [4.69, 9.17) is 11.6 Å². The van der Waals surface area contributed by atoms with E-state index in [1.165, 1.54) is 10.6 Å². The number of hydrogen-bond donors (Lipinski definition) is 1. The molecule has 1 aliphatic rings. The fraction of sp³-hybridized carbons (Fsp3) is 0.350.